The number of carboxylic acids is 1. The van der Waals surface area contributed by atoms with Crippen molar-refractivity contribution in [1.29, 1.82) is 0 Å². The smallest absolute Gasteiger partial charge is 0.304 e. The third-order valence-electron chi connectivity index (χ3n) is 8.18. The Bertz CT molecular complexity index is 1510. The highest BCUT2D eigenvalue weighted by Gasteiger charge is 2.43. The monoisotopic (exact) mass is 494 g/mol. The van der Waals surface area contributed by atoms with Crippen molar-refractivity contribution in [2.45, 2.75) is 64.1 Å². The number of rotatable bonds is 6. The number of carbonyl (C=O) groups excluding carboxylic acids is 1. The van der Waals surface area contributed by atoms with Crippen molar-refractivity contribution in [2.75, 3.05) is 0 Å². The van der Waals surface area contributed by atoms with Crippen molar-refractivity contribution in [1.82, 2.24) is 19.9 Å². The highest BCUT2D eigenvalue weighted by molar-refractivity contribution is 5.95. The Hall–Kier alpha value is -4.00. The fraction of sp³-hybridized carbons (Fsp3) is 0.333. The van der Waals surface area contributed by atoms with Crippen LogP contribution in [-0.4, -0.2) is 42.9 Å². The van der Waals surface area contributed by atoms with Crippen LogP contribution in [0.15, 0.2) is 60.7 Å². The maximum atomic E-state index is 13.5. The third-order valence-corrected chi connectivity index (χ3v) is 8.18. The first kappa shape index (κ1) is 23.4. The first-order valence-electron chi connectivity index (χ1n) is 13.0. The van der Waals surface area contributed by atoms with Gasteiger partial charge in [0.25, 0.3) is 5.91 Å². The quantitative estimate of drug-likeness (QED) is 0.395. The van der Waals surface area contributed by atoms with E-state index in [9.17, 15) is 14.7 Å². The molecule has 7 heteroatoms. The molecular formula is C30H30N4O3. The SMILES string of the molecule is CCn1nnc2c(C)c(C(CC(=O)O)c3ccc4c(c3)C3CCC(C4)N3C(=O)c3ccccc3)ccc21. The number of aromatic nitrogens is 3. The molecule has 37 heavy (non-hydrogen) atoms. The molecule has 3 unspecified atom stereocenters. The summed E-state index contributed by atoms with van der Waals surface area (Å²) in [5.74, 6) is -1.09. The Kier molecular flexibility index (Phi) is 5.78. The van der Waals surface area contributed by atoms with Crippen LogP contribution in [0.3, 0.4) is 0 Å². The number of hydrogen-bond acceptors (Lipinski definition) is 4. The zero-order chi connectivity index (χ0) is 25.7. The van der Waals surface area contributed by atoms with Gasteiger partial charge in [-0.25, -0.2) is 4.68 Å². The number of aryl methyl sites for hydroxylation is 2. The van der Waals surface area contributed by atoms with Gasteiger partial charge in [0.2, 0.25) is 0 Å². The Balaban J connectivity index is 1.41. The second kappa shape index (κ2) is 9.14. The van der Waals surface area contributed by atoms with Gasteiger partial charge in [-0.15, -0.1) is 5.10 Å². The molecule has 1 N–H and O–H groups in total. The van der Waals surface area contributed by atoms with Crippen LogP contribution in [0.2, 0.25) is 0 Å². The van der Waals surface area contributed by atoms with Gasteiger partial charge >= 0.3 is 5.97 Å². The van der Waals surface area contributed by atoms with Gasteiger partial charge in [-0.3, -0.25) is 9.59 Å². The van der Waals surface area contributed by atoms with Crippen molar-refractivity contribution in [3.8, 4) is 0 Å². The number of hydrogen-bond donors (Lipinski definition) is 1. The summed E-state index contributed by atoms with van der Waals surface area (Å²) in [6.45, 7) is 4.75. The number of carbonyl (C=O) groups is 2. The molecule has 0 aliphatic carbocycles. The number of amides is 1. The van der Waals surface area contributed by atoms with Gasteiger partial charge < -0.3 is 10.0 Å². The fourth-order valence-corrected chi connectivity index (χ4v) is 6.38. The average molecular weight is 495 g/mol. The molecule has 7 nitrogen and oxygen atoms in total. The molecule has 1 amide bonds. The van der Waals surface area contributed by atoms with E-state index >= 15 is 0 Å². The summed E-state index contributed by atoms with van der Waals surface area (Å²) in [5.41, 5.74) is 7.78. The van der Waals surface area contributed by atoms with Gasteiger partial charge in [0, 0.05) is 24.1 Å². The van der Waals surface area contributed by atoms with Crippen molar-refractivity contribution < 1.29 is 14.7 Å². The summed E-state index contributed by atoms with van der Waals surface area (Å²) < 4.78 is 1.85. The maximum absolute atomic E-state index is 13.5. The molecule has 0 radical (unpaired) electrons. The Morgan fingerprint density at radius 2 is 1.89 bits per heavy atom. The highest BCUT2D eigenvalue weighted by atomic mass is 16.4. The molecule has 3 heterocycles. The molecule has 188 valence electrons. The molecule has 6 rings (SSSR count). The Morgan fingerprint density at radius 1 is 1.08 bits per heavy atom. The van der Waals surface area contributed by atoms with Crippen LogP contribution >= 0.6 is 0 Å². The van der Waals surface area contributed by atoms with Gasteiger partial charge in [-0.2, -0.15) is 0 Å². The average Bonchev–Trinajstić information content (AvgIpc) is 3.48. The van der Waals surface area contributed by atoms with Crippen LogP contribution in [0.25, 0.3) is 11.0 Å². The first-order valence-corrected chi connectivity index (χ1v) is 13.0. The second-order valence-electron chi connectivity index (χ2n) is 10.2. The lowest BCUT2D eigenvalue weighted by atomic mass is 9.82. The summed E-state index contributed by atoms with van der Waals surface area (Å²) in [6, 6.07) is 20.1. The summed E-state index contributed by atoms with van der Waals surface area (Å²) >= 11 is 0. The molecule has 2 aliphatic heterocycles. The van der Waals surface area contributed by atoms with Gasteiger partial charge in [-0.1, -0.05) is 47.7 Å². The second-order valence-corrected chi connectivity index (χ2v) is 10.2. The lowest BCUT2D eigenvalue weighted by Crippen LogP contribution is -2.41. The molecule has 4 aromatic rings. The van der Waals surface area contributed by atoms with Crippen LogP contribution in [-0.2, 0) is 17.8 Å². The molecule has 1 saturated heterocycles. The predicted molar refractivity (Wildman–Crippen MR) is 141 cm³/mol. The number of fused-ring (bicyclic) bond motifs is 5. The van der Waals surface area contributed by atoms with E-state index in [1.165, 1.54) is 5.56 Å². The van der Waals surface area contributed by atoms with Gasteiger partial charge in [0.1, 0.15) is 5.52 Å². The van der Waals surface area contributed by atoms with E-state index in [1.807, 2.05) is 61.0 Å². The van der Waals surface area contributed by atoms with Gasteiger partial charge in [-0.05, 0) is 79.1 Å². The van der Waals surface area contributed by atoms with E-state index in [-0.39, 0.29) is 30.3 Å². The molecule has 2 bridgehead atoms. The standard InChI is InChI=1S/C30H30N4O3/c1-3-33-27-14-12-23(18(2)29(27)31-32-33)24(17-28(35)36)21-10-9-20-15-22-11-13-26(25(20)16-21)34(22)30(37)19-7-5-4-6-8-19/h4-10,12,14,16,22,24,26H,3,11,13,15,17H2,1-2H3,(H,35,36). The summed E-state index contributed by atoms with van der Waals surface area (Å²) in [5, 5.41) is 18.5. The van der Waals surface area contributed by atoms with E-state index < -0.39 is 5.97 Å². The zero-order valence-electron chi connectivity index (χ0n) is 21.1. The summed E-state index contributed by atoms with van der Waals surface area (Å²) in [6.07, 6.45) is 2.72. The Labute approximate surface area is 215 Å². The zero-order valence-corrected chi connectivity index (χ0v) is 21.1. The van der Waals surface area contributed by atoms with E-state index in [1.54, 1.807) is 0 Å². The number of benzene rings is 3. The summed E-state index contributed by atoms with van der Waals surface area (Å²) in [7, 11) is 0. The minimum atomic E-state index is -0.846. The van der Waals surface area contributed by atoms with E-state index in [0.717, 1.165) is 59.1 Å². The van der Waals surface area contributed by atoms with Gasteiger partial charge in [0.15, 0.2) is 0 Å². The third kappa shape index (κ3) is 3.89. The number of carboxylic acid groups (broad SMARTS) is 1. The normalized spacial score (nSPS) is 19.1. The van der Waals surface area contributed by atoms with Crippen LogP contribution in [0, 0.1) is 6.92 Å². The van der Waals surface area contributed by atoms with Crippen molar-refractivity contribution in [3.63, 3.8) is 0 Å². The number of aliphatic carboxylic acids is 1. The number of nitrogens with zero attached hydrogens (tertiary/aromatic N) is 4. The predicted octanol–water partition coefficient (Wildman–Crippen LogP) is 5.27. The highest BCUT2D eigenvalue weighted by Crippen LogP contribution is 2.46. The molecule has 1 fully saturated rings. The Morgan fingerprint density at radius 3 is 2.65 bits per heavy atom. The van der Waals surface area contributed by atoms with Crippen LogP contribution < -0.4 is 0 Å². The topological polar surface area (TPSA) is 88.3 Å². The molecule has 0 spiro atoms. The van der Waals surface area contributed by atoms with Crippen molar-refractivity contribution in [2.24, 2.45) is 0 Å². The molecule has 1 aromatic heterocycles. The summed E-state index contributed by atoms with van der Waals surface area (Å²) in [4.78, 5) is 27.6. The van der Waals surface area contributed by atoms with Crippen molar-refractivity contribution >= 4 is 22.9 Å². The maximum Gasteiger partial charge on any atom is 0.304 e. The largest absolute Gasteiger partial charge is 0.481 e. The van der Waals surface area contributed by atoms with Gasteiger partial charge in [0.05, 0.1) is 18.0 Å². The lowest BCUT2D eigenvalue weighted by Gasteiger charge is -2.37. The van der Waals surface area contributed by atoms with E-state index in [0.29, 0.717) is 5.56 Å². The molecule has 3 aromatic carbocycles. The van der Waals surface area contributed by atoms with Crippen LogP contribution in [0.4, 0.5) is 0 Å². The van der Waals surface area contributed by atoms with E-state index in [2.05, 4.69) is 33.4 Å². The molecule has 3 atom stereocenters. The minimum absolute atomic E-state index is 0.0138. The minimum Gasteiger partial charge on any atom is -0.481 e. The first-order chi connectivity index (χ1) is 18.0. The van der Waals surface area contributed by atoms with E-state index in [4.69, 9.17) is 0 Å². The molecular weight excluding hydrogens is 464 g/mol. The molecule has 0 saturated carbocycles. The fourth-order valence-electron chi connectivity index (χ4n) is 6.38. The van der Waals surface area contributed by atoms with Crippen LogP contribution in [0.5, 0.6) is 0 Å². The van der Waals surface area contributed by atoms with Crippen molar-refractivity contribution in [3.05, 3.63) is 94.0 Å². The van der Waals surface area contributed by atoms with Crippen LogP contribution in [0.1, 0.15) is 76.3 Å². The lowest BCUT2D eigenvalue weighted by molar-refractivity contribution is -0.137. The molecule has 2 aliphatic rings.